The number of nitrogens with one attached hydrogen (secondary N) is 2. The van der Waals surface area contributed by atoms with Crippen LogP contribution in [0.2, 0.25) is 5.02 Å². The molecule has 2 aliphatic heterocycles. The number of carbonyl (C=O) groups excluding carboxylic acids is 1. The third-order valence-corrected chi connectivity index (χ3v) is 6.30. The smallest absolute Gasteiger partial charge is 0.227 e. The van der Waals surface area contributed by atoms with Gasteiger partial charge in [0, 0.05) is 30.9 Å². The maximum absolute atomic E-state index is 14.0. The van der Waals surface area contributed by atoms with Crippen molar-refractivity contribution in [3.63, 3.8) is 0 Å². The second-order valence-corrected chi connectivity index (χ2v) is 8.49. The average Bonchev–Trinajstić information content (AvgIpc) is 3.45. The van der Waals surface area contributed by atoms with E-state index in [9.17, 15) is 13.6 Å². The fourth-order valence-electron chi connectivity index (χ4n) is 4.29. The Bertz CT molecular complexity index is 1160. The molecular formula is C23H22ClF2N5O. The van der Waals surface area contributed by atoms with Crippen molar-refractivity contribution in [2.45, 2.75) is 19.5 Å². The first-order valence-corrected chi connectivity index (χ1v) is 10.9. The van der Waals surface area contributed by atoms with Crippen LogP contribution < -0.4 is 10.6 Å². The van der Waals surface area contributed by atoms with Crippen molar-refractivity contribution in [3.05, 3.63) is 64.9 Å². The van der Waals surface area contributed by atoms with Crippen molar-refractivity contribution in [1.82, 2.24) is 19.8 Å². The van der Waals surface area contributed by atoms with E-state index in [2.05, 4.69) is 10.6 Å². The molecule has 0 bridgehead atoms. The molecule has 0 saturated carbocycles. The minimum atomic E-state index is -0.527. The quantitative estimate of drug-likeness (QED) is 0.617. The normalized spacial score (nSPS) is 18.0. The number of aromatic nitrogens is 2. The maximum atomic E-state index is 14.0. The van der Waals surface area contributed by atoms with Gasteiger partial charge in [-0.3, -0.25) is 4.79 Å². The van der Waals surface area contributed by atoms with Crippen LogP contribution in [0.3, 0.4) is 0 Å². The molecule has 5 rings (SSSR count). The highest BCUT2D eigenvalue weighted by Crippen LogP contribution is 2.34. The second-order valence-electron chi connectivity index (χ2n) is 8.09. The first kappa shape index (κ1) is 20.9. The Balaban J connectivity index is 1.50. The van der Waals surface area contributed by atoms with Crippen LogP contribution in [0.15, 0.2) is 42.5 Å². The van der Waals surface area contributed by atoms with Crippen LogP contribution in [0.4, 0.5) is 20.3 Å². The minimum Gasteiger partial charge on any atom is -0.340 e. The van der Waals surface area contributed by atoms with Gasteiger partial charge in [0.2, 0.25) is 5.91 Å². The lowest BCUT2D eigenvalue weighted by Crippen LogP contribution is -2.42. The van der Waals surface area contributed by atoms with E-state index in [0.717, 1.165) is 24.4 Å². The van der Waals surface area contributed by atoms with Crippen LogP contribution in [0, 0.1) is 17.6 Å². The highest BCUT2D eigenvalue weighted by molar-refractivity contribution is 6.30. The molecule has 2 N–H and O–H groups in total. The van der Waals surface area contributed by atoms with Gasteiger partial charge < -0.3 is 20.1 Å². The largest absolute Gasteiger partial charge is 0.340 e. The minimum absolute atomic E-state index is 0.00252. The van der Waals surface area contributed by atoms with Gasteiger partial charge in [0.15, 0.2) is 0 Å². The lowest BCUT2D eigenvalue weighted by molar-refractivity contribution is -0.136. The number of benzene rings is 2. The van der Waals surface area contributed by atoms with Crippen LogP contribution in [0.1, 0.15) is 12.2 Å². The third-order valence-electron chi connectivity index (χ3n) is 5.99. The molecule has 1 fully saturated rings. The molecule has 0 unspecified atom stereocenters. The van der Waals surface area contributed by atoms with Crippen LogP contribution in [-0.4, -0.2) is 40.0 Å². The highest BCUT2D eigenvalue weighted by atomic mass is 35.5. The predicted molar refractivity (Wildman–Crippen MR) is 119 cm³/mol. The Kier molecular flexibility index (Phi) is 5.57. The Morgan fingerprint density at radius 1 is 1.16 bits per heavy atom. The zero-order chi connectivity index (χ0) is 22.2. The molecule has 1 aromatic heterocycles. The number of rotatable bonds is 4. The molecule has 0 radical (unpaired) electrons. The molecule has 166 valence electrons. The Morgan fingerprint density at radius 2 is 1.97 bits per heavy atom. The van der Waals surface area contributed by atoms with Crippen LogP contribution in [0.5, 0.6) is 0 Å². The highest BCUT2D eigenvalue weighted by Gasteiger charge is 2.31. The Labute approximate surface area is 189 Å². The number of nitrogens with zero attached hydrogens (tertiary/aromatic N) is 3. The summed E-state index contributed by atoms with van der Waals surface area (Å²) in [6, 6.07) is 10.6. The number of carbonyl (C=O) groups is 1. The molecule has 6 nitrogen and oxygen atoms in total. The second kappa shape index (κ2) is 8.52. The number of fused-ring (bicyclic) bond motifs is 1. The first-order valence-electron chi connectivity index (χ1n) is 10.6. The van der Waals surface area contributed by atoms with Gasteiger partial charge in [-0.15, -0.1) is 0 Å². The van der Waals surface area contributed by atoms with E-state index in [0.29, 0.717) is 43.4 Å². The van der Waals surface area contributed by atoms with E-state index in [1.807, 2.05) is 9.47 Å². The third kappa shape index (κ3) is 3.96. The van der Waals surface area contributed by atoms with E-state index in [4.69, 9.17) is 16.6 Å². The predicted octanol–water partition coefficient (Wildman–Crippen LogP) is 4.18. The lowest BCUT2D eigenvalue weighted by atomic mass is 10.1. The van der Waals surface area contributed by atoms with Gasteiger partial charge >= 0.3 is 0 Å². The Hall–Kier alpha value is -2.97. The fourth-order valence-corrected chi connectivity index (χ4v) is 4.41. The summed E-state index contributed by atoms with van der Waals surface area (Å²) >= 11 is 5.82. The van der Waals surface area contributed by atoms with Crippen molar-refractivity contribution in [1.29, 1.82) is 0 Å². The van der Waals surface area contributed by atoms with Gasteiger partial charge in [0.1, 0.15) is 29.0 Å². The van der Waals surface area contributed by atoms with Gasteiger partial charge in [-0.25, -0.2) is 13.8 Å². The number of halogens is 3. The molecule has 2 aromatic carbocycles. The summed E-state index contributed by atoms with van der Waals surface area (Å²) in [5, 5.41) is 6.53. The van der Waals surface area contributed by atoms with Gasteiger partial charge in [0.25, 0.3) is 0 Å². The number of anilines is 2. The van der Waals surface area contributed by atoms with Crippen molar-refractivity contribution in [2.75, 3.05) is 25.0 Å². The molecule has 32 heavy (non-hydrogen) atoms. The van der Waals surface area contributed by atoms with Gasteiger partial charge in [-0.2, -0.15) is 0 Å². The fraction of sp³-hybridized carbons (Fsp3) is 0.304. The Morgan fingerprint density at radius 3 is 2.69 bits per heavy atom. The van der Waals surface area contributed by atoms with Crippen LogP contribution in [-0.2, 0) is 17.9 Å². The van der Waals surface area contributed by atoms with Crippen LogP contribution >= 0.6 is 11.6 Å². The number of amides is 1. The van der Waals surface area contributed by atoms with Crippen molar-refractivity contribution in [3.8, 4) is 11.3 Å². The van der Waals surface area contributed by atoms with E-state index < -0.39 is 5.82 Å². The van der Waals surface area contributed by atoms with Crippen LogP contribution in [0.25, 0.3) is 11.3 Å². The van der Waals surface area contributed by atoms with Crippen molar-refractivity contribution < 1.29 is 13.6 Å². The number of imidazole rings is 1. The van der Waals surface area contributed by atoms with E-state index in [-0.39, 0.29) is 22.7 Å². The molecular weight excluding hydrogens is 436 g/mol. The molecule has 2 aliphatic rings. The molecule has 3 heterocycles. The van der Waals surface area contributed by atoms with E-state index in [1.165, 1.54) is 24.3 Å². The molecule has 0 spiro atoms. The summed E-state index contributed by atoms with van der Waals surface area (Å²) in [6.45, 7) is 3.07. The molecule has 0 aliphatic carbocycles. The topological polar surface area (TPSA) is 62.2 Å². The van der Waals surface area contributed by atoms with Gasteiger partial charge in [0.05, 0.1) is 17.5 Å². The molecule has 1 atom stereocenters. The summed E-state index contributed by atoms with van der Waals surface area (Å²) < 4.78 is 29.5. The van der Waals surface area contributed by atoms with Crippen molar-refractivity contribution in [2.24, 2.45) is 5.92 Å². The first-order chi connectivity index (χ1) is 15.5. The molecule has 9 heteroatoms. The van der Waals surface area contributed by atoms with Crippen molar-refractivity contribution >= 4 is 29.0 Å². The zero-order valence-corrected chi connectivity index (χ0v) is 18.0. The summed E-state index contributed by atoms with van der Waals surface area (Å²) in [5.74, 6) is 0.675. The summed E-state index contributed by atoms with van der Waals surface area (Å²) in [4.78, 5) is 19.5. The number of hydrogen-bond acceptors (Lipinski definition) is 4. The van der Waals surface area contributed by atoms with E-state index >= 15 is 0 Å². The average molecular weight is 458 g/mol. The standard InChI is InChI=1S/C23H22ClF2N5O/c24-18-6-5-17(11-19(18)26)28-22-21(14-1-3-16(25)4-2-14)29-20-13-30(9-10-31(20)22)23(32)15-7-8-27-12-15/h1-6,11,15,27-28H,7-10,12-13H2/t15-/m0/s1. The molecule has 1 saturated heterocycles. The summed E-state index contributed by atoms with van der Waals surface area (Å²) in [7, 11) is 0. The number of hydrogen-bond donors (Lipinski definition) is 2. The zero-order valence-electron chi connectivity index (χ0n) is 17.2. The molecule has 1 amide bonds. The molecule has 3 aromatic rings. The van der Waals surface area contributed by atoms with E-state index in [1.54, 1.807) is 18.2 Å². The summed E-state index contributed by atoms with van der Waals surface area (Å²) in [6.07, 6.45) is 0.847. The summed E-state index contributed by atoms with van der Waals surface area (Å²) in [5.41, 5.74) is 1.86. The SMILES string of the molecule is O=C([C@H]1CCNC1)N1CCn2c(nc(-c3ccc(F)cc3)c2Nc2ccc(Cl)c(F)c2)C1. The van der Waals surface area contributed by atoms with Gasteiger partial charge in [-0.05, 0) is 55.4 Å². The monoisotopic (exact) mass is 457 g/mol. The maximum Gasteiger partial charge on any atom is 0.227 e. The lowest BCUT2D eigenvalue weighted by Gasteiger charge is -2.30. The van der Waals surface area contributed by atoms with Gasteiger partial charge in [-0.1, -0.05) is 11.6 Å².